The topological polar surface area (TPSA) is 172 Å². The first-order valence-electron chi connectivity index (χ1n) is 11.2. The van der Waals surface area contributed by atoms with Crippen molar-refractivity contribution in [2.75, 3.05) is 19.8 Å². The number of hydrogen-bond donors (Lipinski definition) is 1. The lowest BCUT2D eigenvalue weighted by atomic mass is 9.96. The molecule has 0 saturated heterocycles. The zero-order valence-corrected chi connectivity index (χ0v) is 21.0. The van der Waals surface area contributed by atoms with Crippen LogP contribution in [0.5, 0.6) is 5.75 Å². The number of unbranched alkanes of at least 4 members (excludes halogenated alkanes) is 2. The second kappa shape index (κ2) is 13.7. The summed E-state index contributed by atoms with van der Waals surface area (Å²) in [6, 6.07) is 5.85. The van der Waals surface area contributed by atoms with Crippen LogP contribution < -0.4 is 4.74 Å². The fourth-order valence-electron chi connectivity index (χ4n) is 3.17. The molecule has 0 bridgehead atoms. The molecule has 212 valence electrons. The highest BCUT2D eigenvalue weighted by Gasteiger charge is 2.49. The predicted octanol–water partition coefficient (Wildman–Crippen LogP) is 3.81. The van der Waals surface area contributed by atoms with Gasteiger partial charge in [0.2, 0.25) is 5.78 Å². The van der Waals surface area contributed by atoms with E-state index < -0.39 is 38.0 Å². The molecular weight excluding hydrogens is 553 g/mol. The van der Waals surface area contributed by atoms with E-state index in [2.05, 4.69) is 16.0 Å². The first kappa shape index (κ1) is 31.2. The highest BCUT2D eigenvalue weighted by atomic mass is 32.2. The fraction of sp³-hybridized carbons (Fsp3) is 0.348. The van der Waals surface area contributed by atoms with Crippen LogP contribution in [0.3, 0.4) is 0 Å². The van der Waals surface area contributed by atoms with E-state index in [-0.39, 0.29) is 60.4 Å². The predicted molar refractivity (Wildman–Crippen MR) is 131 cm³/mol. The van der Waals surface area contributed by atoms with Gasteiger partial charge in [0.25, 0.3) is 5.69 Å². The molecule has 39 heavy (non-hydrogen) atoms. The number of non-ortho nitro benzene ring substituents is 1. The summed E-state index contributed by atoms with van der Waals surface area (Å²) in [6.07, 6.45) is 1.43. The lowest BCUT2D eigenvalue weighted by molar-refractivity contribution is -0.384. The van der Waals surface area contributed by atoms with Gasteiger partial charge >= 0.3 is 21.6 Å². The van der Waals surface area contributed by atoms with Crippen molar-refractivity contribution in [2.45, 2.75) is 31.2 Å². The van der Waals surface area contributed by atoms with E-state index in [4.69, 9.17) is 14.6 Å². The van der Waals surface area contributed by atoms with Crippen molar-refractivity contribution in [3.05, 3.63) is 58.7 Å². The summed E-state index contributed by atoms with van der Waals surface area (Å²) < 4.78 is 74.8. The van der Waals surface area contributed by atoms with Gasteiger partial charge in [-0.25, -0.2) is 4.79 Å². The Bertz CT molecular complexity index is 1370. The number of oxime groups is 1. The summed E-state index contributed by atoms with van der Waals surface area (Å²) in [5.41, 5.74) is -7.00. The third kappa shape index (κ3) is 8.47. The van der Waals surface area contributed by atoms with Crippen molar-refractivity contribution < 1.29 is 55.0 Å². The van der Waals surface area contributed by atoms with Gasteiger partial charge in [-0.1, -0.05) is 18.2 Å². The largest absolute Gasteiger partial charge is 0.536 e. The summed E-state index contributed by atoms with van der Waals surface area (Å²) >= 11 is 0. The number of fused-ring (bicyclic) bond motifs is 1. The Hall–Kier alpha value is -4.05. The lowest BCUT2D eigenvalue weighted by Gasteiger charge is -2.13. The molecule has 0 unspecified atom stereocenters. The molecule has 0 amide bonds. The van der Waals surface area contributed by atoms with Crippen molar-refractivity contribution in [2.24, 2.45) is 5.16 Å². The molecule has 0 fully saturated rings. The summed E-state index contributed by atoms with van der Waals surface area (Å²) in [5.74, 6) is -1.65. The second-order valence-electron chi connectivity index (χ2n) is 7.69. The average molecular weight is 577 g/mol. The first-order chi connectivity index (χ1) is 18.3. The first-order valence-corrected chi connectivity index (χ1v) is 12.6. The number of benzene rings is 2. The smallest absolute Gasteiger partial charge is 0.489 e. The van der Waals surface area contributed by atoms with Crippen molar-refractivity contribution >= 4 is 44.0 Å². The minimum Gasteiger partial charge on any atom is -0.489 e. The summed E-state index contributed by atoms with van der Waals surface area (Å²) in [7, 11) is -6.15. The molecule has 0 aliphatic heterocycles. The summed E-state index contributed by atoms with van der Waals surface area (Å²) in [4.78, 5) is 35.1. The summed E-state index contributed by atoms with van der Waals surface area (Å²) in [6.45, 7) is 2.69. The molecule has 16 heteroatoms. The number of Topliss-reactive ketones (excluding diaryl/α,β-unsaturated/α-hetero) is 1. The number of nitro groups is 1. The zero-order chi connectivity index (χ0) is 29.2. The number of nitro benzene ring substituents is 1. The van der Waals surface area contributed by atoms with Gasteiger partial charge in [0.15, 0.2) is 0 Å². The van der Waals surface area contributed by atoms with Crippen molar-refractivity contribution in [3.63, 3.8) is 0 Å². The highest BCUT2D eigenvalue weighted by molar-refractivity contribution is 7.87. The Kier molecular flexibility index (Phi) is 10.9. The minimum absolute atomic E-state index is 0.0530. The van der Waals surface area contributed by atoms with Crippen molar-refractivity contribution in [3.8, 4) is 5.75 Å². The van der Waals surface area contributed by atoms with Gasteiger partial charge in [0.05, 0.1) is 4.92 Å². The Balaban J connectivity index is 2.50. The van der Waals surface area contributed by atoms with Crippen LogP contribution in [0.1, 0.15) is 36.0 Å². The fourth-order valence-corrected chi connectivity index (χ4v) is 3.45. The van der Waals surface area contributed by atoms with Gasteiger partial charge < -0.3 is 14.6 Å². The third-order valence-electron chi connectivity index (χ3n) is 5.03. The number of carbonyl (C=O) groups is 2. The Morgan fingerprint density at radius 3 is 2.44 bits per heavy atom. The quantitative estimate of drug-likeness (QED) is 0.0480. The van der Waals surface area contributed by atoms with E-state index >= 15 is 0 Å². The maximum Gasteiger partial charge on any atom is 0.536 e. The van der Waals surface area contributed by atoms with Crippen LogP contribution in [0.4, 0.5) is 18.9 Å². The van der Waals surface area contributed by atoms with Crippen LogP contribution >= 0.6 is 0 Å². The average Bonchev–Trinajstić information content (AvgIpc) is 2.89. The number of halogens is 3. The lowest BCUT2D eigenvalue weighted by Crippen LogP contribution is -2.25. The maximum atomic E-state index is 13.3. The maximum absolute atomic E-state index is 13.3. The van der Waals surface area contributed by atoms with Gasteiger partial charge in [-0.2, -0.15) is 21.6 Å². The van der Waals surface area contributed by atoms with Crippen LogP contribution in [-0.4, -0.2) is 61.2 Å². The molecule has 0 aromatic heterocycles. The van der Waals surface area contributed by atoms with E-state index in [1.54, 1.807) is 0 Å². The van der Waals surface area contributed by atoms with E-state index in [0.717, 1.165) is 18.2 Å². The van der Waals surface area contributed by atoms with E-state index in [1.165, 1.54) is 18.2 Å². The molecule has 0 aliphatic rings. The molecule has 0 atom stereocenters. The second-order valence-corrected chi connectivity index (χ2v) is 9.21. The van der Waals surface area contributed by atoms with Gasteiger partial charge in [-0.05, 0) is 42.8 Å². The number of rotatable bonds is 15. The number of hydrogen-bond acceptors (Lipinski definition) is 11. The Morgan fingerprint density at radius 1 is 1.10 bits per heavy atom. The zero-order valence-electron chi connectivity index (χ0n) is 20.2. The number of aliphatic hydroxyl groups is 1. The molecule has 0 saturated carbocycles. The van der Waals surface area contributed by atoms with Gasteiger partial charge in [0, 0.05) is 35.8 Å². The van der Waals surface area contributed by atoms with E-state index in [9.17, 15) is 41.3 Å². The normalized spacial score (nSPS) is 12.2. The molecule has 12 nitrogen and oxygen atoms in total. The molecule has 2 aromatic rings. The molecular formula is C23H23F3N2O10S. The molecule has 2 aromatic carbocycles. The number of esters is 1. The number of ketones is 1. The molecule has 1 N–H and O–H groups in total. The van der Waals surface area contributed by atoms with Crippen LogP contribution in [0.25, 0.3) is 10.8 Å². The molecule has 0 spiro atoms. The number of aliphatic hydroxyl groups excluding tert-OH is 1. The van der Waals surface area contributed by atoms with E-state index in [0.29, 0.717) is 12.8 Å². The standard InChI is InChI=1S/C23H23F3N2O10S/c1-2-21(30)37-13-12-36-20-10-9-17(16-8-7-15(28(32)33)14-18(16)20)22(31)19(6-4-3-5-11-29)27-38-39(34,35)23(24,25)26/h2,7-10,14,29H,1,3-6,11-13H2/b27-19+. The van der Waals surface area contributed by atoms with Crippen LogP contribution in [0.2, 0.25) is 0 Å². The van der Waals surface area contributed by atoms with Crippen molar-refractivity contribution in [1.82, 2.24) is 0 Å². The number of nitrogens with zero attached hydrogens (tertiary/aromatic N) is 2. The number of alkyl halides is 3. The minimum atomic E-state index is -6.15. The Morgan fingerprint density at radius 2 is 1.82 bits per heavy atom. The molecule has 0 aliphatic carbocycles. The van der Waals surface area contributed by atoms with Crippen LogP contribution in [-0.2, 0) is 23.9 Å². The molecule has 0 heterocycles. The van der Waals surface area contributed by atoms with Gasteiger partial charge in [-0.15, -0.1) is 0 Å². The molecule has 0 radical (unpaired) electrons. The Labute approximate surface area is 219 Å². The molecule has 2 rings (SSSR count). The highest BCUT2D eigenvalue weighted by Crippen LogP contribution is 2.33. The summed E-state index contributed by atoms with van der Waals surface area (Å²) in [5, 5.41) is 23.4. The monoisotopic (exact) mass is 576 g/mol. The van der Waals surface area contributed by atoms with Crippen LogP contribution in [0.15, 0.2) is 48.1 Å². The van der Waals surface area contributed by atoms with Crippen molar-refractivity contribution in [1.29, 1.82) is 0 Å². The third-order valence-corrected chi connectivity index (χ3v) is 5.87. The number of ether oxygens (including phenoxy) is 2. The van der Waals surface area contributed by atoms with Crippen LogP contribution in [0, 0.1) is 10.1 Å². The number of carbonyl (C=O) groups excluding carboxylic acids is 2. The van der Waals surface area contributed by atoms with Gasteiger partial charge in [-0.3, -0.25) is 19.2 Å². The van der Waals surface area contributed by atoms with E-state index in [1.807, 2.05) is 0 Å². The van der Waals surface area contributed by atoms with Gasteiger partial charge in [0.1, 0.15) is 24.7 Å². The SMILES string of the molecule is C=CC(=O)OCCOc1ccc(C(=O)/C(CCCCCO)=N/OS(=O)(=O)C(F)(F)F)c2ccc([N+](=O)[O-])cc12.